The molecule has 2 aromatic rings. The van der Waals surface area contributed by atoms with Crippen molar-refractivity contribution in [3.05, 3.63) is 64.2 Å². The largest absolute Gasteiger partial charge is 0.496 e. The van der Waals surface area contributed by atoms with Crippen LogP contribution in [0.15, 0.2) is 53.4 Å². The number of nitrogens with zero attached hydrogens (tertiary/aromatic N) is 3. The quantitative estimate of drug-likeness (QED) is 0.554. The van der Waals surface area contributed by atoms with E-state index in [1.165, 1.54) is 29.6 Å². The first-order valence-electron chi connectivity index (χ1n) is 8.52. The normalized spacial score (nSPS) is 15.2. The van der Waals surface area contributed by atoms with Gasteiger partial charge in [-0.25, -0.2) is 8.42 Å². The number of piperazine rings is 1. The summed E-state index contributed by atoms with van der Waals surface area (Å²) in [6.07, 6.45) is 0. The summed E-state index contributed by atoms with van der Waals surface area (Å²) in [5.74, 6) is 0.197. The molecule has 28 heavy (non-hydrogen) atoms. The van der Waals surface area contributed by atoms with Crippen LogP contribution in [0.4, 0.5) is 5.69 Å². The third kappa shape index (κ3) is 3.69. The molecule has 0 radical (unpaired) electrons. The van der Waals surface area contributed by atoms with Crippen LogP contribution in [0.25, 0.3) is 0 Å². The Kier molecular flexibility index (Phi) is 5.61. The average molecular weight is 405 g/mol. The van der Waals surface area contributed by atoms with Crippen LogP contribution in [-0.4, -0.2) is 61.7 Å². The van der Waals surface area contributed by atoms with E-state index < -0.39 is 20.6 Å². The predicted octanol–water partition coefficient (Wildman–Crippen LogP) is 1.75. The molecule has 1 fully saturated rings. The Morgan fingerprint density at radius 1 is 1.04 bits per heavy atom. The second-order valence-electron chi connectivity index (χ2n) is 6.12. The van der Waals surface area contributed by atoms with Crippen LogP contribution in [0.3, 0.4) is 0 Å². The van der Waals surface area contributed by atoms with Crippen molar-refractivity contribution in [3.8, 4) is 5.75 Å². The minimum absolute atomic E-state index is 0.0509. The van der Waals surface area contributed by atoms with Gasteiger partial charge in [0.05, 0.1) is 17.6 Å². The highest BCUT2D eigenvalue weighted by Gasteiger charge is 2.34. The van der Waals surface area contributed by atoms with Gasteiger partial charge in [-0.05, 0) is 18.2 Å². The van der Waals surface area contributed by atoms with Crippen LogP contribution in [0.2, 0.25) is 0 Å². The maximum Gasteiger partial charge on any atom is 0.289 e. The van der Waals surface area contributed by atoms with Crippen LogP contribution < -0.4 is 4.74 Å². The van der Waals surface area contributed by atoms with Gasteiger partial charge in [0.15, 0.2) is 4.90 Å². The fraction of sp³-hybridized carbons (Fsp3) is 0.278. The fourth-order valence-electron chi connectivity index (χ4n) is 3.09. The lowest BCUT2D eigenvalue weighted by atomic mass is 10.1. The molecular weight excluding hydrogens is 386 g/mol. The average Bonchev–Trinajstić information content (AvgIpc) is 2.73. The standard InChI is InChI=1S/C18H19N3O6S/c1-27-16-8-4-2-6-14(16)18(22)19-10-12-20(13-11-19)28(25,26)17-9-5-3-7-15(17)21(23)24/h2-9H,10-13H2,1H3. The molecule has 0 bridgehead atoms. The molecular formula is C18H19N3O6S. The zero-order valence-electron chi connectivity index (χ0n) is 15.1. The van der Waals surface area contributed by atoms with Gasteiger partial charge in [-0.3, -0.25) is 14.9 Å². The molecule has 0 unspecified atom stereocenters. The van der Waals surface area contributed by atoms with Crippen molar-refractivity contribution in [3.63, 3.8) is 0 Å². The monoisotopic (exact) mass is 405 g/mol. The first-order chi connectivity index (χ1) is 13.4. The Morgan fingerprint density at radius 2 is 1.64 bits per heavy atom. The molecule has 1 saturated heterocycles. The molecule has 0 atom stereocenters. The maximum atomic E-state index is 12.9. The Balaban J connectivity index is 1.77. The molecule has 0 aliphatic carbocycles. The van der Waals surface area contributed by atoms with E-state index in [4.69, 9.17) is 4.74 Å². The molecule has 3 rings (SSSR count). The topological polar surface area (TPSA) is 110 Å². The highest BCUT2D eigenvalue weighted by molar-refractivity contribution is 7.89. The molecule has 0 saturated carbocycles. The second-order valence-corrected chi connectivity index (χ2v) is 8.03. The zero-order chi connectivity index (χ0) is 20.3. The van der Waals surface area contributed by atoms with E-state index in [1.54, 1.807) is 29.2 Å². The molecule has 9 nitrogen and oxygen atoms in total. The highest BCUT2D eigenvalue weighted by atomic mass is 32.2. The van der Waals surface area contributed by atoms with Gasteiger partial charge in [-0.15, -0.1) is 0 Å². The smallest absolute Gasteiger partial charge is 0.289 e. The molecule has 2 aromatic carbocycles. The number of carbonyl (C=O) groups excluding carboxylic acids is 1. The van der Waals surface area contributed by atoms with Crippen LogP contribution in [0.1, 0.15) is 10.4 Å². The number of carbonyl (C=O) groups is 1. The van der Waals surface area contributed by atoms with Gasteiger partial charge in [-0.2, -0.15) is 4.31 Å². The van der Waals surface area contributed by atoms with E-state index in [0.29, 0.717) is 11.3 Å². The number of nitro benzene ring substituents is 1. The number of ether oxygens (including phenoxy) is 1. The summed E-state index contributed by atoms with van der Waals surface area (Å²) in [5.41, 5.74) is -0.0602. The fourth-order valence-corrected chi connectivity index (χ4v) is 4.67. The van der Waals surface area contributed by atoms with Crippen molar-refractivity contribution in [2.45, 2.75) is 4.90 Å². The SMILES string of the molecule is COc1ccccc1C(=O)N1CCN(S(=O)(=O)c2ccccc2[N+](=O)[O-])CC1. The van der Waals surface area contributed by atoms with Crippen LogP contribution in [0.5, 0.6) is 5.75 Å². The van der Waals surface area contributed by atoms with Gasteiger partial charge >= 0.3 is 0 Å². The van der Waals surface area contributed by atoms with E-state index in [1.807, 2.05) is 0 Å². The number of hydrogen-bond acceptors (Lipinski definition) is 6. The lowest BCUT2D eigenvalue weighted by molar-refractivity contribution is -0.387. The van der Waals surface area contributed by atoms with Gasteiger partial charge < -0.3 is 9.64 Å². The molecule has 148 valence electrons. The van der Waals surface area contributed by atoms with Crippen LogP contribution >= 0.6 is 0 Å². The third-order valence-corrected chi connectivity index (χ3v) is 6.49. The second kappa shape index (κ2) is 7.95. The summed E-state index contributed by atoms with van der Waals surface area (Å²) in [6.45, 7) is 0.456. The van der Waals surface area contributed by atoms with Crippen LogP contribution in [-0.2, 0) is 10.0 Å². The van der Waals surface area contributed by atoms with Gasteiger partial charge in [-0.1, -0.05) is 24.3 Å². The Morgan fingerprint density at radius 3 is 2.29 bits per heavy atom. The molecule has 0 aromatic heterocycles. The van der Waals surface area contributed by atoms with Crippen molar-refractivity contribution in [2.24, 2.45) is 0 Å². The molecule has 0 N–H and O–H groups in total. The molecule has 0 spiro atoms. The molecule has 1 heterocycles. The van der Waals surface area contributed by atoms with Crippen molar-refractivity contribution < 1.29 is 22.9 Å². The molecule has 1 aliphatic rings. The predicted molar refractivity (Wildman–Crippen MR) is 101 cm³/mol. The van der Waals surface area contributed by atoms with E-state index in [9.17, 15) is 23.3 Å². The van der Waals surface area contributed by atoms with E-state index in [2.05, 4.69) is 0 Å². The summed E-state index contributed by atoms with van der Waals surface area (Å²) >= 11 is 0. The van der Waals surface area contributed by atoms with Crippen LogP contribution in [0, 0.1) is 10.1 Å². The number of nitro groups is 1. The van der Waals surface area contributed by atoms with Crippen molar-refractivity contribution in [1.29, 1.82) is 0 Å². The Bertz CT molecular complexity index is 1000. The number of benzene rings is 2. The maximum absolute atomic E-state index is 12.9. The minimum atomic E-state index is -4.04. The lowest BCUT2D eigenvalue weighted by Gasteiger charge is -2.34. The summed E-state index contributed by atoms with van der Waals surface area (Å²) in [4.78, 5) is 24.4. The summed E-state index contributed by atoms with van der Waals surface area (Å²) in [5, 5.41) is 11.2. The molecule has 1 aliphatic heterocycles. The van der Waals surface area contributed by atoms with Crippen molar-refractivity contribution in [2.75, 3.05) is 33.3 Å². The highest BCUT2D eigenvalue weighted by Crippen LogP contribution is 2.27. The first-order valence-corrected chi connectivity index (χ1v) is 9.96. The van der Waals surface area contributed by atoms with Gasteiger partial charge in [0.2, 0.25) is 10.0 Å². The summed E-state index contributed by atoms with van der Waals surface area (Å²) < 4.78 is 32.1. The first kappa shape index (κ1) is 19.8. The summed E-state index contributed by atoms with van der Waals surface area (Å²) in [7, 11) is -2.56. The summed E-state index contributed by atoms with van der Waals surface area (Å²) in [6, 6.07) is 12.1. The molecule has 1 amide bonds. The number of hydrogen-bond donors (Lipinski definition) is 0. The van der Waals surface area contributed by atoms with Gasteiger partial charge in [0.1, 0.15) is 5.75 Å². The minimum Gasteiger partial charge on any atom is -0.496 e. The number of amides is 1. The molecule has 10 heteroatoms. The Labute approximate surface area is 162 Å². The third-order valence-electron chi connectivity index (χ3n) is 4.54. The zero-order valence-corrected chi connectivity index (χ0v) is 16.0. The van der Waals surface area contributed by atoms with E-state index >= 15 is 0 Å². The van der Waals surface area contributed by atoms with Crippen molar-refractivity contribution in [1.82, 2.24) is 9.21 Å². The Hall–Kier alpha value is -2.98. The van der Waals surface area contributed by atoms with E-state index in [-0.39, 0.29) is 37.0 Å². The number of para-hydroxylation sites is 2. The van der Waals surface area contributed by atoms with Crippen molar-refractivity contribution >= 4 is 21.6 Å². The number of methoxy groups -OCH3 is 1. The number of sulfonamides is 1. The van der Waals surface area contributed by atoms with Gasteiger partial charge in [0, 0.05) is 32.2 Å². The lowest BCUT2D eigenvalue weighted by Crippen LogP contribution is -2.50. The van der Waals surface area contributed by atoms with Gasteiger partial charge in [0.25, 0.3) is 11.6 Å². The van der Waals surface area contributed by atoms with E-state index in [0.717, 1.165) is 6.07 Å². The number of rotatable bonds is 5.